The fourth-order valence-electron chi connectivity index (χ4n) is 1.62. The van der Waals surface area contributed by atoms with E-state index in [1.807, 2.05) is 12.1 Å². The Balaban J connectivity index is 1.89. The maximum Gasteiger partial charge on any atom is 0.280 e. The highest BCUT2D eigenvalue weighted by molar-refractivity contribution is 9.10. The van der Waals surface area contributed by atoms with Crippen LogP contribution in [0.25, 0.3) is 0 Å². The molecule has 2 aromatic rings. The molecule has 0 aliphatic carbocycles. The monoisotopic (exact) mass is 362 g/mol. The van der Waals surface area contributed by atoms with Crippen LogP contribution in [0.1, 0.15) is 12.5 Å². The lowest BCUT2D eigenvalue weighted by molar-refractivity contribution is -0.127. The van der Waals surface area contributed by atoms with Crippen molar-refractivity contribution in [2.75, 3.05) is 0 Å². The summed E-state index contributed by atoms with van der Waals surface area (Å²) in [4.78, 5) is 11.9. The van der Waals surface area contributed by atoms with Gasteiger partial charge in [-0.25, -0.2) is 5.43 Å². The molecule has 1 atom stereocenters. The van der Waals surface area contributed by atoms with E-state index in [4.69, 9.17) is 4.74 Å². The largest absolute Gasteiger partial charge is 0.507 e. The van der Waals surface area contributed by atoms with Crippen molar-refractivity contribution in [2.24, 2.45) is 5.10 Å². The van der Waals surface area contributed by atoms with Gasteiger partial charge in [0.15, 0.2) is 6.10 Å². The molecule has 114 valence electrons. The summed E-state index contributed by atoms with van der Waals surface area (Å²) in [5.74, 6) is 0.310. The van der Waals surface area contributed by atoms with Gasteiger partial charge in [0, 0.05) is 10.0 Å². The number of aromatic hydroxyl groups is 1. The van der Waals surface area contributed by atoms with Gasteiger partial charge in [-0.1, -0.05) is 28.1 Å². The number of para-hydroxylation sites is 1. The van der Waals surface area contributed by atoms with Crippen molar-refractivity contribution in [1.29, 1.82) is 0 Å². The molecule has 22 heavy (non-hydrogen) atoms. The lowest BCUT2D eigenvalue weighted by Gasteiger charge is -2.12. The van der Waals surface area contributed by atoms with Crippen molar-refractivity contribution in [2.45, 2.75) is 13.0 Å². The van der Waals surface area contributed by atoms with Crippen LogP contribution in [-0.4, -0.2) is 23.3 Å². The normalized spacial score (nSPS) is 12.1. The van der Waals surface area contributed by atoms with Crippen LogP contribution in [0.15, 0.2) is 58.1 Å². The Hall–Kier alpha value is -2.34. The Bertz CT molecular complexity index is 671. The molecule has 0 saturated carbocycles. The number of hydrazone groups is 1. The van der Waals surface area contributed by atoms with Crippen molar-refractivity contribution in [1.82, 2.24) is 5.43 Å². The number of benzene rings is 2. The Morgan fingerprint density at radius 1 is 1.27 bits per heavy atom. The van der Waals surface area contributed by atoms with E-state index in [0.717, 1.165) is 4.47 Å². The molecule has 6 heteroatoms. The number of phenols is 1. The van der Waals surface area contributed by atoms with Crippen LogP contribution in [0, 0.1) is 0 Å². The molecule has 0 spiro atoms. The molecule has 2 aromatic carbocycles. The first-order chi connectivity index (χ1) is 10.6. The minimum atomic E-state index is -0.692. The number of carbonyl (C=O) groups is 1. The van der Waals surface area contributed by atoms with Crippen molar-refractivity contribution in [3.63, 3.8) is 0 Å². The van der Waals surface area contributed by atoms with E-state index in [9.17, 15) is 9.90 Å². The Labute approximate surface area is 136 Å². The molecule has 5 nitrogen and oxygen atoms in total. The van der Waals surface area contributed by atoms with Crippen LogP contribution in [0.2, 0.25) is 0 Å². The van der Waals surface area contributed by atoms with Crippen molar-refractivity contribution in [3.05, 3.63) is 58.6 Å². The third-order valence-corrected chi connectivity index (χ3v) is 3.34. The van der Waals surface area contributed by atoms with Gasteiger partial charge in [-0.2, -0.15) is 5.10 Å². The van der Waals surface area contributed by atoms with E-state index in [1.165, 1.54) is 6.21 Å². The molecule has 0 heterocycles. The number of amides is 1. The average molecular weight is 363 g/mol. The summed E-state index contributed by atoms with van der Waals surface area (Å²) in [6.45, 7) is 1.63. The first-order valence-corrected chi connectivity index (χ1v) is 7.38. The van der Waals surface area contributed by atoms with Gasteiger partial charge in [0.1, 0.15) is 11.5 Å². The van der Waals surface area contributed by atoms with E-state index >= 15 is 0 Å². The standard InChI is InChI=1S/C16H15BrN2O3/c1-11(22-14-8-6-13(17)7-9-14)16(21)19-18-10-12-4-2-3-5-15(12)20/h2-11,20H,1H3,(H,19,21)/b18-10+. The molecule has 0 saturated heterocycles. The summed E-state index contributed by atoms with van der Waals surface area (Å²) in [6, 6.07) is 13.9. The Morgan fingerprint density at radius 3 is 2.64 bits per heavy atom. The fourth-order valence-corrected chi connectivity index (χ4v) is 1.89. The zero-order valence-corrected chi connectivity index (χ0v) is 13.4. The van der Waals surface area contributed by atoms with Crippen molar-refractivity contribution < 1.29 is 14.6 Å². The van der Waals surface area contributed by atoms with E-state index in [0.29, 0.717) is 11.3 Å². The molecule has 2 rings (SSSR count). The number of halogens is 1. The molecule has 1 amide bonds. The molecule has 0 fully saturated rings. The highest BCUT2D eigenvalue weighted by atomic mass is 79.9. The number of ether oxygens (including phenoxy) is 1. The number of phenolic OH excluding ortho intramolecular Hbond substituents is 1. The molecule has 0 aromatic heterocycles. The number of nitrogens with one attached hydrogen (secondary N) is 1. The maximum absolute atomic E-state index is 11.9. The molecule has 0 aliphatic heterocycles. The van der Waals surface area contributed by atoms with Crippen LogP contribution < -0.4 is 10.2 Å². The van der Waals surface area contributed by atoms with Gasteiger partial charge in [-0.3, -0.25) is 4.79 Å². The number of carbonyl (C=O) groups excluding carboxylic acids is 1. The second-order valence-electron chi connectivity index (χ2n) is 4.51. The van der Waals surface area contributed by atoms with Crippen LogP contribution >= 0.6 is 15.9 Å². The van der Waals surface area contributed by atoms with E-state index in [1.54, 1.807) is 43.3 Å². The Morgan fingerprint density at radius 2 is 1.95 bits per heavy atom. The molecule has 0 aliphatic rings. The highest BCUT2D eigenvalue weighted by Gasteiger charge is 2.13. The zero-order valence-electron chi connectivity index (χ0n) is 11.9. The predicted molar refractivity (Wildman–Crippen MR) is 88.1 cm³/mol. The van der Waals surface area contributed by atoms with Crippen molar-refractivity contribution in [3.8, 4) is 11.5 Å². The summed E-state index contributed by atoms with van der Waals surface area (Å²) >= 11 is 3.33. The number of rotatable bonds is 5. The van der Waals surface area contributed by atoms with Gasteiger partial charge in [-0.05, 0) is 43.3 Å². The smallest absolute Gasteiger partial charge is 0.280 e. The summed E-state index contributed by atoms with van der Waals surface area (Å²) in [7, 11) is 0. The minimum absolute atomic E-state index is 0.0969. The fraction of sp³-hybridized carbons (Fsp3) is 0.125. The average Bonchev–Trinajstić information content (AvgIpc) is 2.51. The van der Waals surface area contributed by atoms with Gasteiger partial charge in [0.2, 0.25) is 0 Å². The summed E-state index contributed by atoms with van der Waals surface area (Å²) in [5.41, 5.74) is 2.89. The first kappa shape index (κ1) is 16.0. The highest BCUT2D eigenvalue weighted by Crippen LogP contribution is 2.17. The Kier molecular flexibility index (Phi) is 5.55. The predicted octanol–water partition coefficient (Wildman–Crippen LogP) is 3.07. The number of nitrogens with zero attached hydrogens (tertiary/aromatic N) is 1. The zero-order chi connectivity index (χ0) is 15.9. The van der Waals surface area contributed by atoms with Crippen molar-refractivity contribution >= 4 is 28.1 Å². The maximum atomic E-state index is 11.9. The number of hydrogen-bond acceptors (Lipinski definition) is 4. The molecule has 2 N–H and O–H groups in total. The second-order valence-corrected chi connectivity index (χ2v) is 5.42. The van der Waals surface area contributed by atoms with Gasteiger partial charge in [-0.15, -0.1) is 0 Å². The van der Waals surface area contributed by atoms with Crippen LogP contribution in [0.5, 0.6) is 11.5 Å². The number of hydrogen-bond donors (Lipinski definition) is 2. The summed E-state index contributed by atoms with van der Waals surface area (Å²) < 4.78 is 6.44. The molecular weight excluding hydrogens is 348 g/mol. The minimum Gasteiger partial charge on any atom is -0.507 e. The second kappa shape index (κ2) is 7.61. The lowest BCUT2D eigenvalue weighted by atomic mass is 10.2. The SMILES string of the molecule is CC(Oc1ccc(Br)cc1)C(=O)N/N=C/c1ccccc1O. The molecule has 0 bridgehead atoms. The van der Waals surface area contributed by atoms with E-state index in [-0.39, 0.29) is 11.7 Å². The van der Waals surface area contributed by atoms with Gasteiger partial charge in [0.25, 0.3) is 5.91 Å². The topological polar surface area (TPSA) is 70.9 Å². The van der Waals surface area contributed by atoms with Crippen LogP contribution in [0.3, 0.4) is 0 Å². The van der Waals surface area contributed by atoms with Crippen LogP contribution in [0.4, 0.5) is 0 Å². The van der Waals surface area contributed by atoms with Gasteiger partial charge >= 0.3 is 0 Å². The first-order valence-electron chi connectivity index (χ1n) is 6.59. The molecular formula is C16H15BrN2O3. The summed E-state index contributed by atoms with van der Waals surface area (Å²) in [6.07, 6.45) is 0.683. The van der Waals surface area contributed by atoms with E-state index < -0.39 is 6.10 Å². The van der Waals surface area contributed by atoms with E-state index in [2.05, 4.69) is 26.5 Å². The molecule has 1 unspecified atom stereocenters. The lowest BCUT2D eigenvalue weighted by Crippen LogP contribution is -2.33. The molecule has 0 radical (unpaired) electrons. The van der Waals surface area contributed by atoms with Crippen LogP contribution in [-0.2, 0) is 4.79 Å². The summed E-state index contributed by atoms with van der Waals surface area (Å²) in [5, 5.41) is 13.4. The third kappa shape index (κ3) is 4.60. The van der Waals surface area contributed by atoms with Gasteiger partial charge < -0.3 is 9.84 Å². The van der Waals surface area contributed by atoms with Gasteiger partial charge in [0.05, 0.1) is 6.21 Å². The third-order valence-electron chi connectivity index (χ3n) is 2.81. The quantitative estimate of drug-likeness (QED) is 0.634.